The summed E-state index contributed by atoms with van der Waals surface area (Å²) in [5.74, 6) is 0.490. The molecule has 0 fully saturated rings. The van der Waals surface area contributed by atoms with Crippen LogP contribution in [0, 0.1) is 6.92 Å². The Hall–Kier alpha value is -3.20. The number of nitrogens with zero attached hydrogens (tertiary/aromatic N) is 4. The lowest BCUT2D eigenvalue weighted by Gasteiger charge is -2.03. The number of carbonyl (C=O) groups is 1. The predicted octanol–water partition coefficient (Wildman–Crippen LogP) is 2.33. The van der Waals surface area contributed by atoms with E-state index in [0.29, 0.717) is 18.8 Å². The zero-order valence-electron chi connectivity index (χ0n) is 14.0. The van der Waals surface area contributed by atoms with Gasteiger partial charge in [-0.15, -0.1) is 0 Å². The molecule has 4 rings (SSSR count). The van der Waals surface area contributed by atoms with Gasteiger partial charge in [-0.25, -0.2) is 9.50 Å². The Labute approximate surface area is 152 Å². The SMILES string of the molecule is Cc1nn2cc(CNC(=O)c3cc(COc4ccccc4)[nH]n3)nc2s1. The number of amides is 1. The summed E-state index contributed by atoms with van der Waals surface area (Å²) in [6.45, 7) is 2.56. The highest BCUT2D eigenvalue weighted by atomic mass is 32.1. The number of fused-ring (bicyclic) bond motifs is 1. The van der Waals surface area contributed by atoms with E-state index in [4.69, 9.17) is 4.74 Å². The molecule has 8 nitrogen and oxygen atoms in total. The average Bonchev–Trinajstić information content (AvgIpc) is 3.33. The highest BCUT2D eigenvalue weighted by Gasteiger charge is 2.12. The summed E-state index contributed by atoms with van der Waals surface area (Å²) in [6, 6.07) is 11.1. The van der Waals surface area contributed by atoms with Crippen molar-refractivity contribution in [2.75, 3.05) is 0 Å². The third-order valence-corrected chi connectivity index (χ3v) is 4.46. The molecule has 1 aromatic carbocycles. The van der Waals surface area contributed by atoms with Crippen LogP contribution in [0.3, 0.4) is 0 Å². The Morgan fingerprint density at radius 1 is 1.35 bits per heavy atom. The van der Waals surface area contributed by atoms with Crippen molar-refractivity contribution in [2.24, 2.45) is 0 Å². The van der Waals surface area contributed by atoms with Crippen LogP contribution < -0.4 is 10.1 Å². The largest absolute Gasteiger partial charge is 0.487 e. The third-order valence-electron chi connectivity index (χ3n) is 3.63. The van der Waals surface area contributed by atoms with Gasteiger partial charge < -0.3 is 10.1 Å². The van der Waals surface area contributed by atoms with Crippen LogP contribution in [-0.4, -0.2) is 30.7 Å². The van der Waals surface area contributed by atoms with Gasteiger partial charge in [0.2, 0.25) is 4.96 Å². The van der Waals surface area contributed by atoms with Crippen molar-refractivity contribution in [3.05, 3.63) is 64.7 Å². The van der Waals surface area contributed by atoms with Crippen molar-refractivity contribution >= 4 is 22.2 Å². The second-order valence-electron chi connectivity index (χ2n) is 5.64. The Bertz CT molecular complexity index is 1000. The Kier molecular flexibility index (Phi) is 4.36. The fourth-order valence-corrected chi connectivity index (χ4v) is 3.16. The van der Waals surface area contributed by atoms with Crippen molar-refractivity contribution in [2.45, 2.75) is 20.1 Å². The van der Waals surface area contributed by atoms with Gasteiger partial charge in [0, 0.05) is 0 Å². The molecule has 3 heterocycles. The Morgan fingerprint density at radius 2 is 2.19 bits per heavy atom. The van der Waals surface area contributed by atoms with Gasteiger partial charge in [0.1, 0.15) is 23.1 Å². The van der Waals surface area contributed by atoms with Gasteiger partial charge in [-0.1, -0.05) is 29.5 Å². The lowest BCUT2D eigenvalue weighted by molar-refractivity contribution is 0.0945. The number of aryl methyl sites for hydroxylation is 1. The number of para-hydroxylation sites is 1. The van der Waals surface area contributed by atoms with Crippen molar-refractivity contribution < 1.29 is 9.53 Å². The predicted molar refractivity (Wildman–Crippen MR) is 96.1 cm³/mol. The number of ether oxygens (including phenoxy) is 1. The van der Waals surface area contributed by atoms with Gasteiger partial charge in [-0.3, -0.25) is 9.89 Å². The molecule has 0 spiro atoms. The molecule has 0 bridgehead atoms. The number of aromatic nitrogens is 5. The topological polar surface area (TPSA) is 97.2 Å². The van der Waals surface area contributed by atoms with Crippen LogP contribution in [0.15, 0.2) is 42.6 Å². The number of hydrogen-bond acceptors (Lipinski definition) is 6. The quantitative estimate of drug-likeness (QED) is 0.544. The summed E-state index contributed by atoms with van der Waals surface area (Å²) in [7, 11) is 0. The molecule has 9 heteroatoms. The van der Waals surface area contributed by atoms with Crippen LogP contribution in [0.4, 0.5) is 0 Å². The molecule has 4 aromatic rings. The van der Waals surface area contributed by atoms with Gasteiger partial charge in [0.25, 0.3) is 5.91 Å². The molecule has 0 aliphatic heterocycles. The fraction of sp³-hybridized carbons (Fsp3) is 0.176. The van der Waals surface area contributed by atoms with Crippen LogP contribution in [0.1, 0.15) is 26.9 Å². The molecular formula is C17H16N6O2S. The van der Waals surface area contributed by atoms with E-state index in [1.54, 1.807) is 10.6 Å². The second-order valence-corrected chi connectivity index (χ2v) is 6.80. The van der Waals surface area contributed by atoms with E-state index < -0.39 is 0 Å². The molecule has 0 unspecified atom stereocenters. The van der Waals surface area contributed by atoms with Crippen LogP contribution >= 0.6 is 11.3 Å². The zero-order chi connectivity index (χ0) is 17.9. The minimum absolute atomic E-state index is 0.271. The molecular weight excluding hydrogens is 352 g/mol. The normalized spacial score (nSPS) is 11.0. The van der Waals surface area contributed by atoms with E-state index in [2.05, 4.69) is 25.6 Å². The lowest BCUT2D eigenvalue weighted by Crippen LogP contribution is -2.23. The average molecular weight is 368 g/mol. The molecule has 0 aliphatic carbocycles. The van der Waals surface area contributed by atoms with E-state index >= 15 is 0 Å². The number of carbonyl (C=O) groups excluding carboxylic acids is 1. The van der Waals surface area contributed by atoms with Crippen LogP contribution in [-0.2, 0) is 13.2 Å². The van der Waals surface area contributed by atoms with E-state index in [-0.39, 0.29) is 5.91 Å². The van der Waals surface area contributed by atoms with Gasteiger partial charge >= 0.3 is 0 Å². The zero-order valence-corrected chi connectivity index (χ0v) is 14.8. The monoisotopic (exact) mass is 368 g/mol. The highest BCUT2D eigenvalue weighted by molar-refractivity contribution is 7.16. The summed E-state index contributed by atoms with van der Waals surface area (Å²) in [4.78, 5) is 17.5. The van der Waals surface area contributed by atoms with E-state index in [1.165, 1.54) is 11.3 Å². The minimum Gasteiger partial charge on any atom is -0.487 e. The lowest BCUT2D eigenvalue weighted by atomic mass is 10.3. The first-order chi connectivity index (χ1) is 12.7. The maximum absolute atomic E-state index is 12.2. The number of rotatable bonds is 6. The molecule has 132 valence electrons. The Morgan fingerprint density at radius 3 is 3.00 bits per heavy atom. The standard InChI is InChI=1S/C17H16N6O2S/c1-11-22-23-9-13(19-17(23)26-11)8-18-16(24)15-7-12(20-21-15)10-25-14-5-3-2-4-6-14/h2-7,9H,8,10H2,1H3,(H,18,24)(H,20,21). The van der Waals surface area contributed by atoms with Gasteiger partial charge in [-0.2, -0.15) is 10.2 Å². The molecule has 1 amide bonds. The number of benzene rings is 1. The van der Waals surface area contributed by atoms with Crippen molar-refractivity contribution in [3.8, 4) is 5.75 Å². The van der Waals surface area contributed by atoms with Gasteiger partial charge in [0.15, 0.2) is 0 Å². The van der Waals surface area contributed by atoms with Crippen molar-refractivity contribution in [1.29, 1.82) is 0 Å². The van der Waals surface area contributed by atoms with Crippen molar-refractivity contribution in [3.63, 3.8) is 0 Å². The van der Waals surface area contributed by atoms with E-state index in [0.717, 1.165) is 27.1 Å². The molecule has 0 saturated carbocycles. The van der Waals surface area contributed by atoms with Crippen molar-refractivity contribution in [1.82, 2.24) is 30.1 Å². The van der Waals surface area contributed by atoms with Crippen LogP contribution in [0.25, 0.3) is 4.96 Å². The van der Waals surface area contributed by atoms with Gasteiger partial charge in [-0.05, 0) is 25.1 Å². The molecule has 26 heavy (non-hydrogen) atoms. The number of nitrogens with one attached hydrogen (secondary N) is 2. The van der Waals surface area contributed by atoms with E-state index in [1.807, 2.05) is 43.5 Å². The maximum atomic E-state index is 12.2. The van der Waals surface area contributed by atoms with Gasteiger partial charge in [0.05, 0.1) is 24.1 Å². The molecule has 0 aliphatic rings. The summed E-state index contributed by atoms with van der Waals surface area (Å²) >= 11 is 1.51. The Balaban J connectivity index is 1.33. The molecule has 0 radical (unpaired) electrons. The number of hydrogen-bond donors (Lipinski definition) is 2. The molecule has 2 N–H and O–H groups in total. The molecule has 0 atom stereocenters. The van der Waals surface area contributed by atoms with E-state index in [9.17, 15) is 4.79 Å². The molecule has 0 saturated heterocycles. The number of imidazole rings is 1. The smallest absolute Gasteiger partial charge is 0.272 e. The first kappa shape index (κ1) is 16.3. The fourth-order valence-electron chi connectivity index (χ4n) is 2.42. The summed E-state index contributed by atoms with van der Waals surface area (Å²) < 4.78 is 7.34. The summed E-state index contributed by atoms with van der Waals surface area (Å²) in [5.41, 5.74) is 1.79. The van der Waals surface area contributed by atoms with Crippen LogP contribution in [0.5, 0.6) is 5.75 Å². The first-order valence-electron chi connectivity index (χ1n) is 7.99. The minimum atomic E-state index is -0.271. The van der Waals surface area contributed by atoms with Crippen LogP contribution in [0.2, 0.25) is 0 Å². The third kappa shape index (κ3) is 3.57. The molecule has 3 aromatic heterocycles. The number of H-pyrrole nitrogens is 1. The maximum Gasteiger partial charge on any atom is 0.272 e. The highest BCUT2D eigenvalue weighted by Crippen LogP contribution is 2.14. The number of aromatic amines is 1. The summed E-state index contributed by atoms with van der Waals surface area (Å²) in [6.07, 6.45) is 1.81. The first-order valence-corrected chi connectivity index (χ1v) is 8.81. The summed E-state index contributed by atoms with van der Waals surface area (Å²) in [5, 5.41) is 14.9. The second kappa shape index (κ2) is 6.96.